The number of carbonyl (C=O) groups excluding carboxylic acids is 1. The summed E-state index contributed by atoms with van der Waals surface area (Å²) in [5, 5.41) is 5.78. The first kappa shape index (κ1) is 17.7. The molecular weight excluding hydrogens is 339 g/mol. The second-order valence-electron chi connectivity index (χ2n) is 5.61. The fourth-order valence-electron chi connectivity index (χ4n) is 2.43. The summed E-state index contributed by atoms with van der Waals surface area (Å²) in [6.07, 6.45) is 0.985. The van der Waals surface area contributed by atoms with Gasteiger partial charge in [0.15, 0.2) is 5.58 Å². The van der Waals surface area contributed by atoms with Crippen LogP contribution in [0.1, 0.15) is 12.8 Å². The average molecular weight is 358 g/mol. The van der Waals surface area contributed by atoms with E-state index in [2.05, 4.69) is 15.6 Å². The van der Waals surface area contributed by atoms with Crippen LogP contribution in [-0.4, -0.2) is 24.5 Å². The van der Waals surface area contributed by atoms with Crippen LogP contribution in [0.3, 0.4) is 0 Å². The maximum Gasteiger partial charge on any atom is 0.300 e. The molecular formula is C18H19FN4O3. The number of carbonyl (C=O) groups is 1. The molecule has 26 heavy (non-hydrogen) atoms. The lowest BCUT2D eigenvalue weighted by molar-refractivity contribution is -0.116. The summed E-state index contributed by atoms with van der Waals surface area (Å²) in [6.45, 7) is 0.466. The normalized spacial score (nSPS) is 10.7. The summed E-state index contributed by atoms with van der Waals surface area (Å²) >= 11 is 0. The highest BCUT2D eigenvalue weighted by Gasteiger charge is 2.11. The van der Waals surface area contributed by atoms with E-state index in [9.17, 15) is 9.18 Å². The van der Waals surface area contributed by atoms with Gasteiger partial charge in [0.05, 0.1) is 12.8 Å². The number of anilines is 3. The number of ether oxygens (including phenoxy) is 1. The number of oxazole rings is 1. The minimum atomic E-state index is -0.385. The van der Waals surface area contributed by atoms with E-state index in [1.54, 1.807) is 18.2 Å². The molecule has 136 valence electrons. The van der Waals surface area contributed by atoms with Crippen molar-refractivity contribution in [1.29, 1.82) is 0 Å². The van der Waals surface area contributed by atoms with E-state index < -0.39 is 0 Å². The van der Waals surface area contributed by atoms with E-state index in [-0.39, 0.29) is 17.7 Å². The molecule has 3 rings (SSSR count). The molecule has 0 atom stereocenters. The number of nitrogens with one attached hydrogen (secondary N) is 2. The zero-order valence-corrected chi connectivity index (χ0v) is 14.2. The molecule has 0 spiro atoms. The van der Waals surface area contributed by atoms with Crippen LogP contribution in [0.2, 0.25) is 0 Å². The van der Waals surface area contributed by atoms with Gasteiger partial charge in [0, 0.05) is 24.2 Å². The van der Waals surface area contributed by atoms with Crippen molar-refractivity contribution in [3.63, 3.8) is 0 Å². The number of nitrogens with zero attached hydrogens (tertiary/aromatic N) is 1. The highest BCUT2D eigenvalue weighted by Crippen LogP contribution is 2.31. The SMILES string of the molecule is COc1cc(NC(=O)CCCN)ccc1Nc1nc2cc(F)ccc2o1. The lowest BCUT2D eigenvalue weighted by Crippen LogP contribution is -2.13. The highest BCUT2D eigenvalue weighted by atomic mass is 19.1. The molecule has 7 nitrogen and oxygen atoms in total. The van der Waals surface area contributed by atoms with Crippen molar-refractivity contribution < 1.29 is 18.3 Å². The number of fused-ring (bicyclic) bond motifs is 1. The first-order chi connectivity index (χ1) is 12.6. The zero-order valence-electron chi connectivity index (χ0n) is 14.2. The van der Waals surface area contributed by atoms with E-state index in [0.717, 1.165) is 0 Å². The van der Waals surface area contributed by atoms with Gasteiger partial charge in [-0.05, 0) is 37.2 Å². The molecule has 1 heterocycles. The fourth-order valence-corrected chi connectivity index (χ4v) is 2.43. The first-order valence-electron chi connectivity index (χ1n) is 8.10. The third-order valence-corrected chi connectivity index (χ3v) is 3.68. The highest BCUT2D eigenvalue weighted by molar-refractivity contribution is 5.91. The standard InChI is InChI=1S/C18H19FN4O3/c1-25-16-10-12(21-17(24)3-2-8-20)5-6-13(16)22-18-23-14-9-11(19)4-7-15(14)26-18/h4-7,9-10H,2-3,8,20H2,1H3,(H,21,24)(H,22,23). The van der Waals surface area contributed by atoms with Crippen molar-refractivity contribution >= 4 is 34.4 Å². The van der Waals surface area contributed by atoms with Gasteiger partial charge in [-0.15, -0.1) is 0 Å². The number of halogens is 1. The molecule has 0 unspecified atom stereocenters. The van der Waals surface area contributed by atoms with E-state index in [4.69, 9.17) is 14.9 Å². The molecule has 0 radical (unpaired) electrons. The van der Waals surface area contributed by atoms with E-state index in [1.807, 2.05) is 0 Å². The zero-order chi connectivity index (χ0) is 18.5. The summed E-state index contributed by atoms with van der Waals surface area (Å²) in [5.74, 6) is -0.00101. The smallest absolute Gasteiger partial charge is 0.300 e. The Kier molecular flexibility index (Phi) is 5.33. The van der Waals surface area contributed by atoms with Crippen LogP contribution in [0.5, 0.6) is 5.75 Å². The van der Waals surface area contributed by atoms with Gasteiger partial charge in [-0.1, -0.05) is 0 Å². The number of amides is 1. The lowest BCUT2D eigenvalue weighted by atomic mass is 10.2. The molecule has 3 aromatic rings. The number of aromatic nitrogens is 1. The largest absolute Gasteiger partial charge is 0.494 e. The van der Waals surface area contributed by atoms with Crippen LogP contribution >= 0.6 is 0 Å². The topological polar surface area (TPSA) is 102 Å². The third kappa shape index (κ3) is 4.09. The minimum absolute atomic E-state index is 0.112. The van der Waals surface area contributed by atoms with Crippen LogP contribution < -0.4 is 21.1 Å². The van der Waals surface area contributed by atoms with Gasteiger partial charge >= 0.3 is 0 Å². The molecule has 0 bridgehead atoms. The summed E-state index contributed by atoms with van der Waals surface area (Å²) in [5.41, 5.74) is 7.49. The molecule has 0 saturated carbocycles. The van der Waals surface area contributed by atoms with Gasteiger partial charge in [0.2, 0.25) is 5.91 Å². The van der Waals surface area contributed by atoms with Gasteiger partial charge in [0.1, 0.15) is 17.1 Å². The van der Waals surface area contributed by atoms with Crippen LogP contribution in [-0.2, 0) is 4.79 Å². The van der Waals surface area contributed by atoms with E-state index in [0.29, 0.717) is 47.6 Å². The summed E-state index contributed by atoms with van der Waals surface area (Å²) in [6, 6.07) is 9.47. The Bertz CT molecular complexity index is 926. The molecule has 1 amide bonds. The Morgan fingerprint density at radius 2 is 2.15 bits per heavy atom. The third-order valence-electron chi connectivity index (χ3n) is 3.68. The van der Waals surface area contributed by atoms with Crippen molar-refractivity contribution in [2.45, 2.75) is 12.8 Å². The molecule has 1 aromatic heterocycles. The van der Waals surface area contributed by atoms with Gasteiger partial charge in [-0.2, -0.15) is 4.98 Å². The lowest BCUT2D eigenvalue weighted by Gasteiger charge is -2.11. The van der Waals surface area contributed by atoms with Crippen LogP contribution in [0, 0.1) is 5.82 Å². The fraction of sp³-hybridized carbons (Fsp3) is 0.222. The number of hydrogen-bond donors (Lipinski definition) is 3. The predicted octanol–water partition coefficient (Wildman–Crippen LogP) is 3.40. The number of methoxy groups -OCH3 is 1. The molecule has 0 saturated heterocycles. The van der Waals surface area contributed by atoms with Gasteiger partial charge in [-0.25, -0.2) is 4.39 Å². The monoisotopic (exact) mass is 358 g/mol. The summed E-state index contributed by atoms with van der Waals surface area (Å²) in [7, 11) is 1.52. The Morgan fingerprint density at radius 3 is 2.92 bits per heavy atom. The Labute approximate surface area is 149 Å². The van der Waals surface area contributed by atoms with Crippen LogP contribution in [0.15, 0.2) is 40.8 Å². The van der Waals surface area contributed by atoms with Crippen molar-refractivity contribution in [2.75, 3.05) is 24.3 Å². The van der Waals surface area contributed by atoms with Crippen molar-refractivity contribution in [2.24, 2.45) is 5.73 Å². The molecule has 0 aliphatic carbocycles. The van der Waals surface area contributed by atoms with Gasteiger partial charge < -0.3 is 25.5 Å². The maximum atomic E-state index is 13.3. The molecule has 0 aliphatic heterocycles. The molecule has 0 aliphatic rings. The Morgan fingerprint density at radius 1 is 1.31 bits per heavy atom. The number of nitrogens with two attached hydrogens (primary N) is 1. The molecule has 8 heteroatoms. The molecule has 4 N–H and O–H groups in total. The van der Waals surface area contributed by atoms with Gasteiger partial charge in [0.25, 0.3) is 6.01 Å². The Balaban J connectivity index is 1.77. The van der Waals surface area contributed by atoms with Crippen molar-refractivity contribution in [1.82, 2.24) is 4.98 Å². The van der Waals surface area contributed by atoms with Crippen molar-refractivity contribution in [3.05, 3.63) is 42.2 Å². The second kappa shape index (κ2) is 7.83. The minimum Gasteiger partial charge on any atom is -0.494 e. The maximum absolute atomic E-state index is 13.3. The quantitative estimate of drug-likeness (QED) is 0.598. The first-order valence-corrected chi connectivity index (χ1v) is 8.10. The Hall–Kier alpha value is -3.13. The molecule has 0 fully saturated rings. The average Bonchev–Trinajstić information content (AvgIpc) is 3.02. The van der Waals surface area contributed by atoms with Crippen molar-refractivity contribution in [3.8, 4) is 5.75 Å². The van der Waals surface area contributed by atoms with Crippen LogP contribution in [0.4, 0.5) is 21.8 Å². The van der Waals surface area contributed by atoms with Gasteiger partial charge in [-0.3, -0.25) is 4.79 Å². The van der Waals surface area contributed by atoms with Crippen LogP contribution in [0.25, 0.3) is 11.1 Å². The predicted molar refractivity (Wildman–Crippen MR) is 97.2 cm³/mol. The summed E-state index contributed by atoms with van der Waals surface area (Å²) < 4.78 is 24.1. The number of benzene rings is 2. The number of rotatable bonds is 7. The van der Waals surface area contributed by atoms with E-state index in [1.165, 1.54) is 25.3 Å². The summed E-state index contributed by atoms with van der Waals surface area (Å²) in [4.78, 5) is 16.0. The second-order valence-corrected chi connectivity index (χ2v) is 5.61. The molecule has 2 aromatic carbocycles. The number of hydrogen-bond acceptors (Lipinski definition) is 6. The van der Waals surface area contributed by atoms with E-state index >= 15 is 0 Å².